The van der Waals surface area contributed by atoms with E-state index in [0.29, 0.717) is 6.42 Å². The number of hydrogen-bond donors (Lipinski definition) is 2. The molecule has 0 amide bonds. The van der Waals surface area contributed by atoms with Gasteiger partial charge in [0.25, 0.3) is 0 Å². The van der Waals surface area contributed by atoms with Gasteiger partial charge in [0, 0.05) is 0 Å². The molecule has 1 aromatic carbocycles. The number of halogens is 5. The van der Waals surface area contributed by atoms with E-state index in [1.165, 1.54) is 6.07 Å². The summed E-state index contributed by atoms with van der Waals surface area (Å²) in [5.74, 6) is -2.09. The van der Waals surface area contributed by atoms with E-state index < -0.39 is 30.1 Å². The molecule has 3 nitrogen and oxygen atoms in total. The minimum atomic E-state index is -4.95. The highest BCUT2D eigenvalue weighted by atomic mass is 35.5. The highest BCUT2D eigenvalue weighted by molar-refractivity contribution is 5.85. The molecule has 0 heterocycles. The van der Waals surface area contributed by atoms with Crippen LogP contribution in [0.2, 0.25) is 0 Å². The Morgan fingerprint density at radius 3 is 2.43 bits per heavy atom. The number of hydrogen-bond acceptors (Lipinski definition) is 3. The normalized spacial score (nSPS) is 14.2. The lowest BCUT2D eigenvalue weighted by molar-refractivity contribution is -0.275. The second-order valence-corrected chi connectivity index (χ2v) is 4.47. The van der Waals surface area contributed by atoms with Gasteiger partial charge < -0.3 is 15.6 Å². The Hall–Kier alpha value is -1.05. The lowest BCUT2D eigenvalue weighted by Gasteiger charge is -2.19. The van der Waals surface area contributed by atoms with Gasteiger partial charge in [0.15, 0.2) is 11.6 Å². The molecule has 1 aromatic rings. The molecular weight excluding hydrogens is 314 g/mol. The number of aliphatic hydroxyl groups excluding tert-OH is 1. The maximum absolute atomic E-state index is 13.5. The van der Waals surface area contributed by atoms with Gasteiger partial charge in [0.05, 0.1) is 12.1 Å². The number of aliphatic hydroxyl groups is 1. The van der Waals surface area contributed by atoms with Crippen molar-refractivity contribution in [1.29, 1.82) is 0 Å². The van der Waals surface area contributed by atoms with Crippen molar-refractivity contribution >= 4 is 12.4 Å². The number of benzene rings is 1. The summed E-state index contributed by atoms with van der Waals surface area (Å²) in [5, 5.41) is 9.79. The number of ether oxygens (including phenoxy) is 1. The molecule has 3 N–H and O–H groups in total. The average Bonchev–Trinajstić information content (AvgIpc) is 2.36. The first kappa shape index (κ1) is 19.9. The zero-order valence-electron chi connectivity index (χ0n) is 11.4. The summed E-state index contributed by atoms with van der Waals surface area (Å²) in [5.41, 5.74) is 5.97. The van der Waals surface area contributed by atoms with Crippen molar-refractivity contribution in [3.05, 3.63) is 29.6 Å². The van der Waals surface area contributed by atoms with Crippen LogP contribution in [0.5, 0.6) is 5.75 Å². The van der Waals surface area contributed by atoms with E-state index in [2.05, 4.69) is 4.74 Å². The maximum atomic E-state index is 13.5. The minimum absolute atomic E-state index is 0. The largest absolute Gasteiger partial charge is 0.573 e. The topological polar surface area (TPSA) is 55.5 Å². The number of alkyl halides is 3. The molecule has 0 spiro atoms. The second-order valence-electron chi connectivity index (χ2n) is 4.47. The van der Waals surface area contributed by atoms with Gasteiger partial charge in [-0.2, -0.15) is 0 Å². The van der Waals surface area contributed by atoms with Gasteiger partial charge in [-0.1, -0.05) is 25.8 Å². The predicted octanol–water partition coefficient (Wildman–Crippen LogP) is 3.70. The van der Waals surface area contributed by atoms with E-state index in [9.17, 15) is 22.7 Å². The lowest BCUT2D eigenvalue weighted by Crippen LogP contribution is -2.26. The standard InChI is InChI=1S/C13H17F4NO2.ClH/c1-2-3-4-10(19)12(18)8-5-6-11(9(14)7-8)20-13(15,16)17;/h5-7,10,12,19H,2-4,18H2,1H3;1H/t10-,12+;/m1./s1. The quantitative estimate of drug-likeness (QED) is 0.782. The van der Waals surface area contributed by atoms with Crippen molar-refractivity contribution in [3.63, 3.8) is 0 Å². The smallest absolute Gasteiger partial charge is 0.403 e. The number of rotatable bonds is 6. The highest BCUT2D eigenvalue weighted by Crippen LogP contribution is 2.28. The van der Waals surface area contributed by atoms with Gasteiger partial charge in [0.2, 0.25) is 0 Å². The maximum Gasteiger partial charge on any atom is 0.573 e. The monoisotopic (exact) mass is 331 g/mol. The molecule has 0 saturated heterocycles. The van der Waals surface area contributed by atoms with E-state index >= 15 is 0 Å². The fraction of sp³-hybridized carbons (Fsp3) is 0.538. The molecule has 8 heteroatoms. The first-order valence-electron chi connectivity index (χ1n) is 6.23. The zero-order chi connectivity index (χ0) is 15.3. The molecule has 0 saturated carbocycles. The van der Waals surface area contributed by atoms with Gasteiger partial charge in [-0.25, -0.2) is 4.39 Å². The van der Waals surface area contributed by atoms with Gasteiger partial charge in [0.1, 0.15) is 0 Å². The first-order chi connectivity index (χ1) is 9.24. The molecule has 0 fully saturated rings. The molecule has 0 aliphatic carbocycles. The summed E-state index contributed by atoms with van der Waals surface area (Å²) in [7, 11) is 0. The van der Waals surface area contributed by atoms with Crippen LogP contribution in [0, 0.1) is 5.82 Å². The number of nitrogens with two attached hydrogens (primary N) is 1. The van der Waals surface area contributed by atoms with E-state index in [1.807, 2.05) is 6.92 Å². The van der Waals surface area contributed by atoms with E-state index in [1.54, 1.807) is 0 Å². The van der Waals surface area contributed by atoms with Crippen molar-refractivity contribution in [3.8, 4) is 5.75 Å². The third-order valence-corrected chi connectivity index (χ3v) is 2.83. The van der Waals surface area contributed by atoms with Crippen molar-refractivity contribution in [2.75, 3.05) is 0 Å². The molecule has 0 aliphatic rings. The van der Waals surface area contributed by atoms with E-state index in [-0.39, 0.29) is 18.0 Å². The summed E-state index contributed by atoms with van der Waals surface area (Å²) in [6.45, 7) is 1.95. The molecule has 21 heavy (non-hydrogen) atoms. The molecule has 1 rings (SSSR count). The van der Waals surface area contributed by atoms with Crippen LogP contribution in [0.15, 0.2) is 18.2 Å². The van der Waals surface area contributed by atoms with Gasteiger partial charge >= 0.3 is 6.36 Å². The van der Waals surface area contributed by atoms with Gasteiger partial charge in [-0.3, -0.25) is 0 Å². The summed E-state index contributed by atoms with van der Waals surface area (Å²) in [6.07, 6.45) is -3.75. The van der Waals surface area contributed by atoms with Crippen molar-refractivity contribution < 1.29 is 27.4 Å². The third-order valence-electron chi connectivity index (χ3n) is 2.83. The van der Waals surface area contributed by atoms with E-state index in [0.717, 1.165) is 25.0 Å². The van der Waals surface area contributed by atoms with Crippen molar-refractivity contribution in [2.24, 2.45) is 5.73 Å². The Bertz CT molecular complexity index is 443. The summed E-state index contributed by atoms with van der Waals surface area (Å²) < 4.78 is 53.0. The average molecular weight is 332 g/mol. The van der Waals surface area contributed by atoms with Gasteiger partial charge in [-0.15, -0.1) is 25.6 Å². The first-order valence-corrected chi connectivity index (χ1v) is 6.23. The van der Waals surface area contributed by atoms with Crippen LogP contribution >= 0.6 is 12.4 Å². The summed E-state index contributed by atoms with van der Waals surface area (Å²) >= 11 is 0. The van der Waals surface area contributed by atoms with Gasteiger partial charge in [-0.05, 0) is 24.1 Å². The fourth-order valence-electron chi connectivity index (χ4n) is 1.75. The Morgan fingerprint density at radius 1 is 1.33 bits per heavy atom. The molecule has 2 atom stereocenters. The summed E-state index contributed by atoms with van der Waals surface area (Å²) in [4.78, 5) is 0. The molecule has 0 aliphatic heterocycles. The zero-order valence-corrected chi connectivity index (χ0v) is 12.2. The van der Waals surface area contributed by atoms with Crippen LogP contribution in [-0.2, 0) is 0 Å². The molecule has 0 bridgehead atoms. The Kier molecular flexibility index (Phi) is 7.99. The van der Waals surface area contributed by atoms with Crippen LogP contribution in [0.4, 0.5) is 17.6 Å². The predicted molar refractivity (Wildman–Crippen MR) is 72.8 cm³/mol. The van der Waals surface area contributed by atoms with Crippen LogP contribution in [0.1, 0.15) is 37.8 Å². The SMILES string of the molecule is CCCC[C@@H](O)[C@@H](N)c1ccc(OC(F)(F)F)c(F)c1.Cl. The summed E-state index contributed by atoms with van der Waals surface area (Å²) in [6, 6.07) is 2.06. The molecular formula is C13H18ClF4NO2. The highest BCUT2D eigenvalue weighted by Gasteiger charge is 2.32. The lowest BCUT2D eigenvalue weighted by atomic mass is 9.98. The van der Waals surface area contributed by atoms with Crippen LogP contribution in [0.25, 0.3) is 0 Å². The van der Waals surface area contributed by atoms with Crippen molar-refractivity contribution in [2.45, 2.75) is 44.7 Å². The Labute approximate surface area is 126 Å². The van der Waals surface area contributed by atoms with E-state index in [4.69, 9.17) is 5.73 Å². The molecule has 122 valence electrons. The number of unbranched alkanes of at least 4 members (excludes halogenated alkanes) is 1. The molecule has 0 aromatic heterocycles. The van der Waals surface area contributed by atoms with Crippen LogP contribution in [-0.4, -0.2) is 17.6 Å². The second kappa shape index (κ2) is 8.41. The van der Waals surface area contributed by atoms with Crippen LogP contribution < -0.4 is 10.5 Å². The molecule has 0 radical (unpaired) electrons. The van der Waals surface area contributed by atoms with Crippen LogP contribution in [0.3, 0.4) is 0 Å². The Morgan fingerprint density at radius 2 is 1.95 bits per heavy atom. The van der Waals surface area contributed by atoms with Crippen molar-refractivity contribution in [1.82, 2.24) is 0 Å². The molecule has 0 unspecified atom stereocenters. The Balaban J connectivity index is 0.00000400. The third kappa shape index (κ3) is 6.50. The minimum Gasteiger partial charge on any atom is -0.403 e. The fourth-order valence-corrected chi connectivity index (χ4v) is 1.75.